The molecule has 0 saturated carbocycles. The lowest BCUT2D eigenvalue weighted by atomic mass is 9.93. The molecule has 2 rings (SSSR count). The first-order valence-corrected chi connectivity index (χ1v) is 7.75. The van der Waals surface area contributed by atoms with Gasteiger partial charge in [0.2, 0.25) is 11.8 Å². The molecule has 2 aliphatic rings. The third kappa shape index (κ3) is 3.95. The van der Waals surface area contributed by atoms with Crippen molar-refractivity contribution >= 4 is 11.8 Å². The summed E-state index contributed by atoms with van der Waals surface area (Å²) in [4.78, 5) is 26.3. The summed E-state index contributed by atoms with van der Waals surface area (Å²) in [6.45, 7) is 6.77. The molecule has 0 bridgehead atoms. The maximum Gasteiger partial charge on any atom is 0.225 e. The van der Waals surface area contributed by atoms with Crippen molar-refractivity contribution < 1.29 is 14.3 Å². The van der Waals surface area contributed by atoms with Gasteiger partial charge in [0.25, 0.3) is 0 Å². The van der Waals surface area contributed by atoms with Gasteiger partial charge in [-0.25, -0.2) is 0 Å². The lowest BCUT2D eigenvalue weighted by Gasteiger charge is -2.34. The molecular formula is C15H26N2O3. The molecule has 5 nitrogen and oxygen atoms in total. The summed E-state index contributed by atoms with van der Waals surface area (Å²) >= 11 is 0. The normalized spacial score (nSPS) is 22.1. The Morgan fingerprint density at radius 1 is 1.05 bits per heavy atom. The van der Waals surface area contributed by atoms with E-state index in [2.05, 4.69) is 5.32 Å². The van der Waals surface area contributed by atoms with E-state index in [4.69, 9.17) is 4.74 Å². The molecule has 0 spiro atoms. The fraction of sp³-hybridized carbons (Fsp3) is 0.867. The van der Waals surface area contributed by atoms with Crippen LogP contribution in [0, 0.1) is 11.8 Å². The molecule has 0 aromatic carbocycles. The largest absolute Gasteiger partial charge is 0.381 e. The van der Waals surface area contributed by atoms with Gasteiger partial charge in [0.05, 0.1) is 0 Å². The average molecular weight is 282 g/mol. The second-order valence-electron chi connectivity index (χ2n) is 6.15. The number of ether oxygens (including phenoxy) is 1. The number of nitrogens with zero attached hydrogens (tertiary/aromatic N) is 1. The first-order chi connectivity index (χ1) is 9.58. The molecule has 0 aromatic rings. The highest BCUT2D eigenvalue weighted by Crippen LogP contribution is 2.23. The Labute approximate surface area is 121 Å². The van der Waals surface area contributed by atoms with Gasteiger partial charge in [-0.15, -0.1) is 0 Å². The first-order valence-electron chi connectivity index (χ1n) is 7.75. The summed E-state index contributed by atoms with van der Waals surface area (Å²) in [5, 5.41) is 2.96. The molecule has 5 heteroatoms. The van der Waals surface area contributed by atoms with Crippen LogP contribution in [0.15, 0.2) is 0 Å². The SMILES string of the molecule is CC(C)NC(=O)C1CCN(C(=O)C2CCOCC2)CC1. The topological polar surface area (TPSA) is 58.6 Å². The van der Waals surface area contributed by atoms with E-state index in [1.54, 1.807) is 0 Å². The van der Waals surface area contributed by atoms with Crippen LogP contribution in [-0.4, -0.2) is 49.1 Å². The van der Waals surface area contributed by atoms with Gasteiger partial charge < -0.3 is 15.0 Å². The Balaban J connectivity index is 1.78. The molecule has 2 heterocycles. The van der Waals surface area contributed by atoms with Crippen LogP contribution < -0.4 is 5.32 Å². The maximum atomic E-state index is 12.4. The van der Waals surface area contributed by atoms with Crippen molar-refractivity contribution in [2.24, 2.45) is 11.8 Å². The van der Waals surface area contributed by atoms with Gasteiger partial charge in [-0.3, -0.25) is 9.59 Å². The Kier molecular flexibility index (Phi) is 5.40. The quantitative estimate of drug-likeness (QED) is 0.845. The number of likely N-dealkylation sites (tertiary alicyclic amines) is 1. The number of hydrogen-bond acceptors (Lipinski definition) is 3. The van der Waals surface area contributed by atoms with E-state index in [-0.39, 0.29) is 29.7 Å². The van der Waals surface area contributed by atoms with Crippen LogP contribution in [0.1, 0.15) is 39.5 Å². The summed E-state index contributed by atoms with van der Waals surface area (Å²) in [6, 6.07) is 0.185. The molecule has 0 aliphatic carbocycles. The van der Waals surface area contributed by atoms with Crippen molar-refractivity contribution in [3.8, 4) is 0 Å². The van der Waals surface area contributed by atoms with Crippen LogP contribution in [0.5, 0.6) is 0 Å². The molecule has 114 valence electrons. The Bertz CT molecular complexity index is 343. The van der Waals surface area contributed by atoms with E-state index in [0.717, 1.165) is 25.7 Å². The van der Waals surface area contributed by atoms with E-state index < -0.39 is 0 Å². The third-order valence-electron chi connectivity index (χ3n) is 4.18. The predicted molar refractivity (Wildman–Crippen MR) is 76.1 cm³/mol. The highest BCUT2D eigenvalue weighted by molar-refractivity contribution is 5.81. The number of carbonyl (C=O) groups excluding carboxylic acids is 2. The minimum Gasteiger partial charge on any atom is -0.381 e. The fourth-order valence-corrected chi connectivity index (χ4v) is 2.97. The monoisotopic (exact) mass is 282 g/mol. The minimum absolute atomic E-state index is 0.0659. The van der Waals surface area contributed by atoms with E-state index >= 15 is 0 Å². The van der Waals surface area contributed by atoms with Crippen LogP contribution in [0.4, 0.5) is 0 Å². The highest BCUT2D eigenvalue weighted by atomic mass is 16.5. The lowest BCUT2D eigenvalue weighted by molar-refractivity contribution is -0.141. The van der Waals surface area contributed by atoms with E-state index in [0.29, 0.717) is 26.3 Å². The number of hydrogen-bond donors (Lipinski definition) is 1. The van der Waals surface area contributed by atoms with Crippen LogP contribution in [-0.2, 0) is 14.3 Å². The van der Waals surface area contributed by atoms with Crippen molar-refractivity contribution in [1.29, 1.82) is 0 Å². The zero-order valence-corrected chi connectivity index (χ0v) is 12.6. The first kappa shape index (κ1) is 15.3. The minimum atomic E-state index is 0.0659. The van der Waals surface area contributed by atoms with Gasteiger partial charge >= 0.3 is 0 Å². The summed E-state index contributed by atoms with van der Waals surface area (Å²) in [5.74, 6) is 0.593. The molecule has 0 radical (unpaired) electrons. The summed E-state index contributed by atoms with van der Waals surface area (Å²) in [7, 11) is 0. The number of carbonyl (C=O) groups is 2. The molecule has 20 heavy (non-hydrogen) atoms. The van der Waals surface area contributed by atoms with Gasteiger partial charge in [0, 0.05) is 44.2 Å². The molecule has 0 unspecified atom stereocenters. The van der Waals surface area contributed by atoms with Crippen molar-refractivity contribution in [1.82, 2.24) is 10.2 Å². The lowest BCUT2D eigenvalue weighted by Crippen LogP contribution is -2.46. The number of rotatable bonds is 3. The number of amides is 2. The maximum absolute atomic E-state index is 12.4. The third-order valence-corrected chi connectivity index (χ3v) is 4.18. The Hall–Kier alpha value is -1.10. The zero-order chi connectivity index (χ0) is 14.5. The second kappa shape index (κ2) is 7.07. The smallest absolute Gasteiger partial charge is 0.225 e. The molecule has 2 saturated heterocycles. The second-order valence-corrected chi connectivity index (χ2v) is 6.15. The van der Waals surface area contributed by atoms with Crippen LogP contribution in [0.25, 0.3) is 0 Å². The van der Waals surface area contributed by atoms with Crippen molar-refractivity contribution in [3.05, 3.63) is 0 Å². The van der Waals surface area contributed by atoms with Gasteiger partial charge in [-0.1, -0.05) is 0 Å². The van der Waals surface area contributed by atoms with Gasteiger partial charge in [-0.05, 0) is 39.5 Å². The zero-order valence-electron chi connectivity index (χ0n) is 12.6. The highest BCUT2D eigenvalue weighted by Gasteiger charge is 2.31. The number of piperidine rings is 1. The Morgan fingerprint density at radius 3 is 2.20 bits per heavy atom. The predicted octanol–water partition coefficient (Wildman–Crippen LogP) is 1.18. The molecule has 0 aromatic heterocycles. The molecule has 1 N–H and O–H groups in total. The summed E-state index contributed by atoms with van der Waals surface area (Å²) in [6.07, 6.45) is 3.25. The van der Waals surface area contributed by atoms with E-state index in [1.165, 1.54) is 0 Å². The van der Waals surface area contributed by atoms with Crippen molar-refractivity contribution in [2.75, 3.05) is 26.3 Å². The van der Waals surface area contributed by atoms with E-state index in [1.807, 2.05) is 18.7 Å². The van der Waals surface area contributed by atoms with Crippen molar-refractivity contribution in [3.63, 3.8) is 0 Å². The number of nitrogens with one attached hydrogen (secondary N) is 1. The molecule has 2 fully saturated rings. The molecule has 2 amide bonds. The van der Waals surface area contributed by atoms with Gasteiger partial charge in [0.15, 0.2) is 0 Å². The van der Waals surface area contributed by atoms with E-state index in [9.17, 15) is 9.59 Å². The standard InChI is InChI=1S/C15H26N2O3/c1-11(2)16-14(18)12-3-7-17(8-4-12)15(19)13-5-9-20-10-6-13/h11-13H,3-10H2,1-2H3,(H,16,18). The summed E-state index contributed by atoms with van der Waals surface area (Å²) in [5.41, 5.74) is 0. The van der Waals surface area contributed by atoms with Crippen molar-refractivity contribution in [2.45, 2.75) is 45.6 Å². The fourth-order valence-electron chi connectivity index (χ4n) is 2.97. The van der Waals surface area contributed by atoms with Crippen LogP contribution in [0.2, 0.25) is 0 Å². The summed E-state index contributed by atoms with van der Waals surface area (Å²) < 4.78 is 5.30. The van der Waals surface area contributed by atoms with Crippen LogP contribution >= 0.6 is 0 Å². The van der Waals surface area contributed by atoms with Gasteiger partial charge in [-0.2, -0.15) is 0 Å². The van der Waals surface area contributed by atoms with Crippen LogP contribution in [0.3, 0.4) is 0 Å². The molecule has 0 atom stereocenters. The van der Waals surface area contributed by atoms with Gasteiger partial charge in [0.1, 0.15) is 0 Å². The molecule has 2 aliphatic heterocycles. The Morgan fingerprint density at radius 2 is 1.65 bits per heavy atom. The average Bonchev–Trinajstić information content (AvgIpc) is 2.47. The molecular weight excluding hydrogens is 256 g/mol.